The molecule has 0 aliphatic carbocycles. The second-order valence-corrected chi connectivity index (χ2v) is 6.40. The van der Waals surface area contributed by atoms with E-state index in [9.17, 15) is 4.79 Å². The lowest BCUT2D eigenvalue weighted by Gasteiger charge is -2.35. The highest BCUT2D eigenvalue weighted by Gasteiger charge is 2.32. The number of nitrogens with zero attached hydrogens (tertiary/aromatic N) is 1. The van der Waals surface area contributed by atoms with Gasteiger partial charge in [0.1, 0.15) is 0 Å². The fourth-order valence-corrected chi connectivity index (χ4v) is 2.92. The zero-order valence-electron chi connectivity index (χ0n) is 11.3. The van der Waals surface area contributed by atoms with Crippen molar-refractivity contribution in [2.45, 2.75) is 64.1 Å². The Hall–Kier alpha value is -0.770. The van der Waals surface area contributed by atoms with Gasteiger partial charge in [0.25, 0.3) is 0 Å². The van der Waals surface area contributed by atoms with E-state index in [2.05, 4.69) is 15.5 Å². The molecule has 2 aliphatic heterocycles. The number of nitrogens with one attached hydrogen (secondary N) is 2. The highest BCUT2D eigenvalue weighted by Crippen LogP contribution is 2.26. The Labute approximate surface area is 104 Å². The summed E-state index contributed by atoms with van der Waals surface area (Å²) in [6.07, 6.45) is 4.84. The Morgan fingerprint density at radius 2 is 2.00 bits per heavy atom. The molecule has 2 rings (SSSR count). The maximum Gasteiger partial charge on any atom is 0.315 e. The predicted molar refractivity (Wildman–Crippen MR) is 69.0 cm³/mol. The number of piperidine rings is 1. The van der Waals surface area contributed by atoms with Gasteiger partial charge in [0.05, 0.1) is 0 Å². The van der Waals surface area contributed by atoms with Gasteiger partial charge < -0.3 is 15.5 Å². The summed E-state index contributed by atoms with van der Waals surface area (Å²) in [5.74, 6) is 0. The summed E-state index contributed by atoms with van der Waals surface area (Å²) in [7, 11) is 0. The Morgan fingerprint density at radius 1 is 1.24 bits per heavy atom. The summed E-state index contributed by atoms with van der Waals surface area (Å²) in [5, 5.41) is 6.07. The minimum Gasteiger partial charge on any atom is -0.335 e. The fraction of sp³-hybridized carbons (Fsp3) is 0.923. The van der Waals surface area contributed by atoms with E-state index in [1.54, 1.807) is 0 Å². The molecule has 2 amide bonds. The maximum atomic E-state index is 11.8. The highest BCUT2D eigenvalue weighted by atomic mass is 16.2. The molecule has 98 valence electrons. The summed E-state index contributed by atoms with van der Waals surface area (Å²) in [6.45, 7) is 8.42. The average molecular weight is 239 g/mol. The predicted octanol–water partition coefficient (Wildman–Crippen LogP) is 1.71. The largest absolute Gasteiger partial charge is 0.335 e. The van der Waals surface area contributed by atoms with E-state index in [0.717, 1.165) is 19.4 Å². The number of carbonyl (C=O) groups excluding carboxylic acids is 1. The molecule has 2 N–H and O–H groups in total. The van der Waals surface area contributed by atoms with Crippen LogP contribution in [0.25, 0.3) is 0 Å². The monoisotopic (exact) mass is 239 g/mol. The zero-order chi connectivity index (χ0) is 12.5. The van der Waals surface area contributed by atoms with E-state index in [1.807, 2.05) is 20.8 Å². The molecular formula is C13H25N3O. The van der Waals surface area contributed by atoms with Crippen molar-refractivity contribution in [3.63, 3.8) is 0 Å². The third-order valence-corrected chi connectivity index (χ3v) is 3.64. The normalized spacial score (nSPS) is 29.8. The SMILES string of the molecule is CC(C)(C)NC(=O)NC1CCN2CCCC2C1. The van der Waals surface area contributed by atoms with Gasteiger partial charge in [-0.05, 0) is 53.0 Å². The molecule has 4 nitrogen and oxygen atoms in total. The van der Waals surface area contributed by atoms with Gasteiger partial charge in [-0.25, -0.2) is 4.79 Å². The van der Waals surface area contributed by atoms with E-state index in [-0.39, 0.29) is 11.6 Å². The molecule has 2 saturated heterocycles. The Kier molecular flexibility index (Phi) is 3.61. The van der Waals surface area contributed by atoms with Crippen LogP contribution in [0.5, 0.6) is 0 Å². The minimum absolute atomic E-state index is 0.0195. The molecule has 2 heterocycles. The van der Waals surface area contributed by atoms with Crippen LogP contribution in [0.1, 0.15) is 46.5 Å². The average Bonchev–Trinajstić information content (AvgIpc) is 2.61. The Morgan fingerprint density at radius 3 is 2.71 bits per heavy atom. The number of fused-ring (bicyclic) bond motifs is 1. The fourth-order valence-electron chi connectivity index (χ4n) is 2.92. The first-order valence-electron chi connectivity index (χ1n) is 6.77. The van der Waals surface area contributed by atoms with Crippen molar-refractivity contribution < 1.29 is 4.79 Å². The number of hydrogen-bond acceptors (Lipinski definition) is 2. The second-order valence-electron chi connectivity index (χ2n) is 6.40. The van der Waals surface area contributed by atoms with Crippen LogP contribution < -0.4 is 10.6 Å². The van der Waals surface area contributed by atoms with Gasteiger partial charge in [-0.3, -0.25) is 0 Å². The van der Waals surface area contributed by atoms with Gasteiger partial charge in [0.2, 0.25) is 0 Å². The topological polar surface area (TPSA) is 44.4 Å². The lowest BCUT2D eigenvalue weighted by Crippen LogP contribution is -2.53. The molecule has 4 heteroatoms. The molecule has 0 aromatic carbocycles. The quantitative estimate of drug-likeness (QED) is 0.731. The number of hydrogen-bond donors (Lipinski definition) is 2. The van der Waals surface area contributed by atoms with Crippen molar-refractivity contribution >= 4 is 6.03 Å². The van der Waals surface area contributed by atoms with E-state index in [4.69, 9.17) is 0 Å². The summed E-state index contributed by atoms with van der Waals surface area (Å²) in [6, 6.07) is 1.05. The third kappa shape index (κ3) is 3.60. The van der Waals surface area contributed by atoms with Crippen LogP contribution in [0.4, 0.5) is 4.79 Å². The van der Waals surface area contributed by atoms with Crippen LogP contribution in [0.3, 0.4) is 0 Å². The number of amides is 2. The van der Waals surface area contributed by atoms with Gasteiger partial charge >= 0.3 is 6.03 Å². The molecule has 17 heavy (non-hydrogen) atoms. The van der Waals surface area contributed by atoms with Crippen molar-refractivity contribution in [3.8, 4) is 0 Å². The maximum absolute atomic E-state index is 11.8. The minimum atomic E-state index is -0.155. The number of rotatable bonds is 1. The van der Waals surface area contributed by atoms with E-state index in [0.29, 0.717) is 12.1 Å². The van der Waals surface area contributed by atoms with Crippen LogP contribution in [-0.4, -0.2) is 41.6 Å². The van der Waals surface area contributed by atoms with Crippen molar-refractivity contribution in [1.29, 1.82) is 0 Å². The van der Waals surface area contributed by atoms with Gasteiger partial charge in [-0.1, -0.05) is 0 Å². The molecule has 0 bridgehead atoms. The summed E-state index contributed by atoms with van der Waals surface area (Å²) >= 11 is 0. The molecular weight excluding hydrogens is 214 g/mol. The van der Waals surface area contributed by atoms with Crippen molar-refractivity contribution in [1.82, 2.24) is 15.5 Å². The summed E-state index contributed by atoms with van der Waals surface area (Å²) in [5.41, 5.74) is -0.155. The van der Waals surface area contributed by atoms with Gasteiger partial charge in [0, 0.05) is 24.2 Å². The van der Waals surface area contributed by atoms with Crippen molar-refractivity contribution in [3.05, 3.63) is 0 Å². The molecule has 0 spiro atoms. The smallest absolute Gasteiger partial charge is 0.315 e. The van der Waals surface area contributed by atoms with Crippen molar-refractivity contribution in [2.75, 3.05) is 13.1 Å². The van der Waals surface area contributed by atoms with Crippen LogP contribution in [0, 0.1) is 0 Å². The lowest BCUT2D eigenvalue weighted by atomic mass is 9.98. The standard InChI is InChI=1S/C13H25N3O/c1-13(2,3)15-12(17)14-10-6-8-16-7-4-5-11(16)9-10/h10-11H,4-9H2,1-3H3,(H2,14,15,17). The molecule has 2 fully saturated rings. The number of carbonyl (C=O) groups is 1. The molecule has 2 atom stereocenters. The Balaban J connectivity index is 1.78. The first-order valence-corrected chi connectivity index (χ1v) is 6.77. The molecule has 0 saturated carbocycles. The van der Waals surface area contributed by atoms with Gasteiger partial charge in [-0.15, -0.1) is 0 Å². The van der Waals surface area contributed by atoms with E-state index < -0.39 is 0 Å². The Bertz CT molecular complexity index is 285. The molecule has 2 aliphatic rings. The summed E-state index contributed by atoms with van der Waals surface area (Å²) < 4.78 is 0. The zero-order valence-corrected chi connectivity index (χ0v) is 11.3. The van der Waals surface area contributed by atoms with Crippen LogP contribution in [-0.2, 0) is 0 Å². The lowest BCUT2D eigenvalue weighted by molar-refractivity contribution is 0.165. The first kappa shape index (κ1) is 12.7. The van der Waals surface area contributed by atoms with Crippen molar-refractivity contribution in [2.24, 2.45) is 0 Å². The van der Waals surface area contributed by atoms with E-state index >= 15 is 0 Å². The highest BCUT2D eigenvalue weighted by molar-refractivity contribution is 5.75. The van der Waals surface area contributed by atoms with Crippen LogP contribution in [0.15, 0.2) is 0 Å². The van der Waals surface area contributed by atoms with Gasteiger partial charge in [0.15, 0.2) is 0 Å². The second kappa shape index (κ2) is 4.84. The molecule has 0 aromatic rings. The van der Waals surface area contributed by atoms with E-state index in [1.165, 1.54) is 19.4 Å². The molecule has 0 aromatic heterocycles. The molecule has 0 radical (unpaired) electrons. The number of urea groups is 1. The van der Waals surface area contributed by atoms with Crippen LogP contribution >= 0.6 is 0 Å². The first-order chi connectivity index (χ1) is 7.94. The third-order valence-electron chi connectivity index (χ3n) is 3.64. The summed E-state index contributed by atoms with van der Waals surface area (Å²) in [4.78, 5) is 14.4. The van der Waals surface area contributed by atoms with Gasteiger partial charge in [-0.2, -0.15) is 0 Å². The molecule has 2 unspecified atom stereocenters. The van der Waals surface area contributed by atoms with Crippen LogP contribution in [0.2, 0.25) is 0 Å².